The van der Waals surface area contributed by atoms with E-state index >= 15 is 0 Å². The van der Waals surface area contributed by atoms with Gasteiger partial charge in [-0.2, -0.15) is 26.3 Å². The Kier molecular flexibility index (Phi) is 4.28. The van der Waals surface area contributed by atoms with Gasteiger partial charge < -0.3 is 10.5 Å². The molecule has 23 heavy (non-hydrogen) atoms. The Hall–Kier alpha value is -1.54. The third-order valence-electron chi connectivity index (χ3n) is 3.78. The van der Waals surface area contributed by atoms with E-state index in [-0.39, 0.29) is 18.2 Å². The lowest BCUT2D eigenvalue weighted by molar-refractivity contribution is -0.143. The second-order valence-electron chi connectivity index (χ2n) is 5.73. The molecule has 1 aromatic rings. The minimum Gasteiger partial charge on any atom is -0.372 e. The van der Waals surface area contributed by atoms with Gasteiger partial charge in [0.25, 0.3) is 0 Å². The largest absolute Gasteiger partial charge is 0.416 e. The number of hydrogen-bond acceptors (Lipinski definition) is 2. The first-order chi connectivity index (χ1) is 10.3. The zero-order chi connectivity index (χ0) is 17.6. The van der Waals surface area contributed by atoms with Crippen molar-refractivity contribution in [1.29, 1.82) is 0 Å². The molecule has 0 bridgehead atoms. The lowest BCUT2D eigenvalue weighted by atomic mass is 10.0. The first kappa shape index (κ1) is 17.8. The predicted molar refractivity (Wildman–Crippen MR) is 71.5 cm³/mol. The summed E-state index contributed by atoms with van der Waals surface area (Å²) in [5.41, 5.74) is 2.90. The van der Waals surface area contributed by atoms with Crippen LogP contribution in [0, 0.1) is 0 Å². The van der Waals surface area contributed by atoms with Crippen LogP contribution in [-0.4, -0.2) is 12.1 Å². The van der Waals surface area contributed by atoms with Crippen LogP contribution in [-0.2, 0) is 17.1 Å². The highest BCUT2D eigenvalue weighted by molar-refractivity contribution is 5.36. The van der Waals surface area contributed by atoms with E-state index in [1.807, 2.05) is 0 Å². The molecule has 1 aromatic carbocycles. The number of alkyl halides is 6. The maximum absolute atomic E-state index is 12.8. The highest BCUT2D eigenvalue weighted by Gasteiger charge is 2.44. The average molecular weight is 339 g/mol. The van der Waals surface area contributed by atoms with Crippen molar-refractivity contribution in [3.8, 4) is 0 Å². The third kappa shape index (κ3) is 4.06. The van der Waals surface area contributed by atoms with Crippen molar-refractivity contribution >= 4 is 0 Å². The Bertz CT molecular complexity index is 589. The highest BCUT2D eigenvalue weighted by atomic mass is 19.4. The Morgan fingerprint density at radius 2 is 1.57 bits per heavy atom. The summed E-state index contributed by atoms with van der Waals surface area (Å²) in [5.74, 6) is 0. The fourth-order valence-corrected chi connectivity index (χ4v) is 2.07. The maximum Gasteiger partial charge on any atom is 0.416 e. The van der Waals surface area contributed by atoms with Crippen LogP contribution in [0.4, 0.5) is 26.3 Å². The van der Waals surface area contributed by atoms with Gasteiger partial charge in [0.05, 0.1) is 29.4 Å². The van der Waals surface area contributed by atoms with E-state index in [2.05, 4.69) is 6.58 Å². The molecule has 2 rings (SSSR count). The summed E-state index contributed by atoms with van der Waals surface area (Å²) < 4.78 is 82.1. The van der Waals surface area contributed by atoms with Gasteiger partial charge in [0.1, 0.15) is 0 Å². The molecule has 0 aromatic heterocycles. The number of ether oxygens (including phenoxy) is 1. The molecule has 1 aliphatic carbocycles. The van der Waals surface area contributed by atoms with Crippen molar-refractivity contribution in [2.75, 3.05) is 6.61 Å². The fraction of sp³-hybridized carbons (Fsp3) is 0.467. The van der Waals surface area contributed by atoms with Crippen molar-refractivity contribution in [2.45, 2.75) is 37.3 Å². The average Bonchev–Trinajstić information content (AvgIpc) is 3.01. The molecule has 2 nitrogen and oxygen atoms in total. The monoisotopic (exact) mass is 339 g/mol. The summed E-state index contributed by atoms with van der Waals surface area (Å²) in [4.78, 5) is 0. The molecule has 1 aliphatic rings. The van der Waals surface area contributed by atoms with Gasteiger partial charge in [-0.15, -0.1) is 0 Å². The van der Waals surface area contributed by atoms with Gasteiger partial charge in [-0.1, -0.05) is 12.2 Å². The first-order valence-electron chi connectivity index (χ1n) is 6.71. The highest BCUT2D eigenvalue weighted by Crippen LogP contribution is 2.41. The van der Waals surface area contributed by atoms with E-state index in [4.69, 9.17) is 10.5 Å². The Labute approximate surface area is 128 Å². The van der Waals surface area contributed by atoms with Gasteiger partial charge in [-0.3, -0.25) is 0 Å². The Morgan fingerprint density at radius 1 is 1.13 bits per heavy atom. The second-order valence-corrected chi connectivity index (χ2v) is 5.73. The quantitative estimate of drug-likeness (QED) is 0.649. The van der Waals surface area contributed by atoms with Crippen LogP contribution in [0.15, 0.2) is 30.4 Å². The topological polar surface area (TPSA) is 35.2 Å². The van der Waals surface area contributed by atoms with Crippen molar-refractivity contribution in [1.82, 2.24) is 0 Å². The molecule has 128 valence electrons. The van der Waals surface area contributed by atoms with Crippen LogP contribution in [0.3, 0.4) is 0 Å². The van der Waals surface area contributed by atoms with Crippen LogP contribution < -0.4 is 5.73 Å². The van der Waals surface area contributed by atoms with Gasteiger partial charge >= 0.3 is 12.4 Å². The minimum absolute atomic E-state index is 0.00933. The molecule has 2 atom stereocenters. The first-order valence-corrected chi connectivity index (χ1v) is 6.71. The number of hydrogen-bond donors (Lipinski definition) is 1. The molecule has 0 radical (unpaired) electrons. The summed E-state index contributed by atoms with van der Waals surface area (Å²) >= 11 is 0. The van der Waals surface area contributed by atoms with Crippen molar-refractivity contribution in [3.05, 3.63) is 47.0 Å². The van der Waals surface area contributed by atoms with Crippen LogP contribution in [0.2, 0.25) is 0 Å². The fourth-order valence-electron chi connectivity index (χ4n) is 2.07. The molecule has 0 aliphatic heterocycles. The molecule has 1 fully saturated rings. The van der Waals surface area contributed by atoms with Crippen molar-refractivity contribution in [2.24, 2.45) is 5.73 Å². The second kappa shape index (κ2) is 5.52. The summed E-state index contributed by atoms with van der Waals surface area (Å²) in [6.07, 6.45) is -10.2. The van der Waals surface area contributed by atoms with Crippen LogP contribution in [0.5, 0.6) is 0 Å². The lowest BCUT2D eigenvalue weighted by Crippen LogP contribution is -2.29. The number of nitrogens with two attached hydrogens (primary N) is 1. The molecule has 0 spiro atoms. The molecular formula is C15H15F6NO. The number of halogens is 6. The number of benzene rings is 1. The van der Waals surface area contributed by atoms with Crippen molar-refractivity contribution in [3.63, 3.8) is 0 Å². The van der Waals surface area contributed by atoms with Crippen LogP contribution in [0.25, 0.3) is 0 Å². The Balaban J connectivity index is 2.27. The summed E-state index contributed by atoms with van der Waals surface area (Å²) in [7, 11) is 0. The van der Waals surface area contributed by atoms with Gasteiger partial charge in [-0.05, 0) is 37.1 Å². The minimum atomic E-state index is -4.88. The van der Waals surface area contributed by atoms with E-state index in [1.165, 1.54) is 6.92 Å². The van der Waals surface area contributed by atoms with Crippen LogP contribution in [0.1, 0.15) is 36.1 Å². The van der Waals surface area contributed by atoms with E-state index in [0.29, 0.717) is 18.6 Å². The maximum atomic E-state index is 12.8. The zero-order valence-electron chi connectivity index (χ0n) is 12.2. The van der Waals surface area contributed by atoms with Gasteiger partial charge in [0.2, 0.25) is 0 Å². The van der Waals surface area contributed by atoms with Gasteiger partial charge in [0, 0.05) is 0 Å². The predicted octanol–water partition coefficient (Wildman–Crippen LogP) is 4.46. The molecule has 1 saturated carbocycles. The van der Waals surface area contributed by atoms with E-state index in [0.717, 1.165) is 5.57 Å². The molecule has 0 saturated heterocycles. The SMILES string of the molecule is C=C1C[C@]1(N)CO[C@H](C)c1cc(C(F)(F)F)cc(C(F)(F)F)c1. The van der Waals surface area contributed by atoms with E-state index in [1.54, 1.807) is 0 Å². The lowest BCUT2D eigenvalue weighted by Gasteiger charge is -2.20. The normalized spacial score (nSPS) is 23.0. The smallest absolute Gasteiger partial charge is 0.372 e. The molecular weight excluding hydrogens is 324 g/mol. The molecule has 0 amide bonds. The molecule has 0 heterocycles. The molecule has 2 N–H and O–H groups in total. The summed E-state index contributed by atoms with van der Waals surface area (Å²) in [5, 5.41) is 0. The van der Waals surface area contributed by atoms with Gasteiger partial charge in [-0.25, -0.2) is 0 Å². The van der Waals surface area contributed by atoms with E-state index < -0.39 is 35.1 Å². The summed E-state index contributed by atoms with van der Waals surface area (Å²) in [6.45, 7) is 5.03. The third-order valence-corrected chi connectivity index (χ3v) is 3.78. The van der Waals surface area contributed by atoms with Gasteiger partial charge in [0.15, 0.2) is 0 Å². The number of rotatable bonds is 4. The Morgan fingerprint density at radius 3 is 1.91 bits per heavy atom. The standard InChI is InChI=1S/C15H15F6NO/c1-8-6-13(8,22)7-23-9(2)10-3-11(14(16,17)18)5-12(4-10)15(19,20)21/h3-5,9H,1,6-7,22H2,2H3/t9-,13+/m1/s1. The van der Waals surface area contributed by atoms with Crippen LogP contribution >= 0.6 is 0 Å². The zero-order valence-corrected chi connectivity index (χ0v) is 12.2. The van der Waals surface area contributed by atoms with Crippen molar-refractivity contribution < 1.29 is 31.1 Å². The van der Waals surface area contributed by atoms with E-state index in [9.17, 15) is 26.3 Å². The summed E-state index contributed by atoms with van der Waals surface area (Å²) in [6, 6.07) is 1.40. The molecule has 0 unspecified atom stereocenters. The molecule has 8 heteroatoms.